The minimum absolute atomic E-state index is 0.351. The molecular formula is C24H24N2O4S. The van der Waals surface area contributed by atoms with Gasteiger partial charge in [-0.25, -0.2) is 0 Å². The minimum Gasteiger partial charge on any atom is -0.493 e. The molecule has 160 valence electrons. The van der Waals surface area contributed by atoms with Crippen LogP contribution in [0.25, 0.3) is 6.08 Å². The Morgan fingerprint density at radius 3 is 2.42 bits per heavy atom. The molecule has 0 saturated carbocycles. The van der Waals surface area contributed by atoms with Crippen molar-refractivity contribution in [1.29, 1.82) is 0 Å². The van der Waals surface area contributed by atoms with E-state index in [0.717, 1.165) is 21.6 Å². The molecule has 1 heterocycles. The SMILES string of the molecule is COc1ccc(/C=C/C(=O)Nc2sc(Cc3ccccc3)c(C)c2C(N)=O)cc1OC. The van der Waals surface area contributed by atoms with Crippen molar-refractivity contribution >= 4 is 34.2 Å². The van der Waals surface area contributed by atoms with Gasteiger partial charge in [-0.15, -0.1) is 11.3 Å². The number of thiophene rings is 1. The first kappa shape index (κ1) is 22.1. The second-order valence-electron chi connectivity index (χ2n) is 6.82. The predicted octanol–water partition coefficient (Wildman–Crippen LogP) is 4.42. The first-order valence-electron chi connectivity index (χ1n) is 9.60. The van der Waals surface area contributed by atoms with Gasteiger partial charge in [0.15, 0.2) is 11.5 Å². The Hall–Kier alpha value is -3.58. The van der Waals surface area contributed by atoms with Crippen LogP contribution in [0.4, 0.5) is 5.00 Å². The lowest BCUT2D eigenvalue weighted by atomic mass is 10.1. The number of primary amides is 1. The van der Waals surface area contributed by atoms with Gasteiger partial charge in [-0.05, 0) is 41.8 Å². The van der Waals surface area contributed by atoms with E-state index in [1.54, 1.807) is 32.4 Å². The summed E-state index contributed by atoms with van der Waals surface area (Å²) >= 11 is 1.37. The lowest BCUT2D eigenvalue weighted by molar-refractivity contribution is -0.111. The highest BCUT2D eigenvalue weighted by Gasteiger charge is 2.20. The zero-order chi connectivity index (χ0) is 22.4. The molecule has 0 atom stereocenters. The number of rotatable bonds is 8. The number of hydrogen-bond donors (Lipinski definition) is 2. The summed E-state index contributed by atoms with van der Waals surface area (Å²) < 4.78 is 10.5. The molecular weight excluding hydrogens is 412 g/mol. The van der Waals surface area contributed by atoms with Gasteiger partial charge in [-0.3, -0.25) is 9.59 Å². The first-order valence-corrected chi connectivity index (χ1v) is 10.4. The highest BCUT2D eigenvalue weighted by atomic mass is 32.1. The van der Waals surface area contributed by atoms with Crippen LogP contribution in [0.5, 0.6) is 11.5 Å². The van der Waals surface area contributed by atoms with Gasteiger partial charge in [0.1, 0.15) is 5.00 Å². The van der Waals surface area contributed by atoms with Crippen LogP contribution < -0.4 is 20.5 Å². The van der Waals surface area contributed by atoms with Gasteiger partial charge in [0, 0.05) is 17.4 Å². The highest BCUT2D eigenvalue weighted by Crippen LogP contribution is 2.34. The van der Waals surface area contributed by atoms with Crippen LogP contribution in [0.3, 0.4) is 0 Å². The van der Waals surface area contributed by atoms with Crippen molar-refractivity contribution in [2.24, 2.45) is 5.73 Å². The van der Waals surface area contributed by atoms with Crippen molar-refractivity contribution < 1.29 is 19.1 Å². The molecule has 6 nitrogen and oxygen atoms in total. The summed E-state index contributed by atoms with van der Waals surface area (Å²) in [4.78, 5) is 25.5. The lowest BCUT2D eigenvalue weighted by Gasteiger charge is -2.07. The molecule has 0 bridgehead atoms. The molecule has 7 heteroatoms. The van der Waals surface area contributed by atoms with Crippen molar-refractivity contribution in [3.05, 3.63) is 81.7 Å². The lowest BCUT2D eigenvalue weighted by Crippen LogP contribution is -2.16. The van der Waals surface area contributed by atoms with Crippen LogP contribution in [0.1, 0.15) is 31.9 Å². The number of benzene rings is 2. The molecule has 0 aliphatic heterocycles. The van der Waals surface area contributed by atoms with E-state index in [-0.39, 0.29) is 5.91 Å². The maximum Gasteiger partial charge on any atom is 0.251 e. The van der Waals surface area contributed by atoms with Gasteiger partial charge in [0.05, 0.1) is 19.8 Å². The summed E-state index contributed by atoms with van der Waals surface area (Å²) in [5.74, 6) is 0.257. The third-order valence-corrected chi connectivity index (χ3v) is 5.98. The van der Waals surface area contributed by atoms with Crippen molar-refractivity contribution in [2.75, 3.05) is 19.5 Å². The Labute approximate surface area is 185 Å². The third-order valence-electron chi connectivity index (χ3n) is 4.77. The second-order valence-corrected chi connectivity index (χ2v) is 7.92. The predicted molar refractivity (Wildman–Crippen MR) is 124 cm³/mol. The highest BCUT2D eigenvalue weighted by molar-refractivity contribution is 7.17. The first-order chi connectivity index (χ1) is 14.9. The summed E-state index contributed by atoms with van der Waals surface area (Å²) in [6.07, 6.45) is 3.72. The summed E-state index contributed by atoms with van der Waals surface area (Å²) in [7, 11) is 3.11. The van der Waals surface area contributed by atoms with Gasteiger partial charge in [-0.1, -0.05) is 36.4 Å². The maximum atomic E-state index is 12.5. The van der Waals surface area contributed by atoms with Crippen molar-refractivity contribution in [2.45, 2.75) is 13.3 Å². The minimum atomic E-state index is -0.563. The van der Waals surface area contributed by atoms with Gasteiger partial charge < -0.3 is 20.5 Å². The molecule has 1 aromatic heterocycles. The molecule has 0 spiro atoms. The fourth-order valence-corrected chi connectivity index (χ4v) is 4.42. The number of nitrogens with two attached hydrogens (primary N) is 1. The summed E-state index contributed by atoms with van der Waals surface area (Å²) in [6.45, 7) is 1.85. The number of hydrogen-bond acceptors (Lipinski definition) is 5. The van der Waals surface area contributed by atoms with Gasteiger partial charge in [0.2, 0.25) is 5.91 Å². The van der Waals surface area contributed by atoms with Crippen LogP contribution in [-0.4, -0.2) is 26.0 Å². The average molecular weight is 437 g/mol. The number of nitrogens with one attached hydrogen (secondary N) is 1. The Balaban J connectivity index is 1.79. The molecule has 3 rings (SSSR count). The molecule has 0 aliphatic carbocycles. The van der Waals surface area contributed by atoms with Gasteiger partial charge in [-0.2, -0.15) is 0 Å². The van der Waals surface area contributed by atoms with E-state index in [1.807, 2.05) is 43.3 Å². The quantitative estimate of drug-likeness (QED) is 0.512. The number of anilines is 1. The second kappa shape index (κ2) is 9.95. The molecule has 0 unspecified atom stereocenters. The standard InChI is InChI=1S/C24H24N2O4S/c1-15-20(14-16-7-5-4-6-8-16)31-24(22(15)23(25)28)26-21(27)12-10-17-9-11-18(29-2)19(13-17)30-3/h4-13H,14H2,1-3H3,(H2,25,28)(H,26,27)/b12-10+. The Morgan fingerprint density at radius 1 is 1.06 bits per heavy atom. The fraction of sp³-hybridized carbons (Fsp3) is 0.167. The molecule has 31 heavy (non-hydrogen) atoms. The van der Waals surface area contributed by atoms with E-state index in [9.17, 15) is 9.59 Å². The number of carbonyl (C=O) groups is 2. The van der Waals surface area contributed by atoms with Crippen LogP contribution in [0.15, 0.2) is 54.6 Å². The zero-order valence-electron chi connectivity index (χ0n) is 17.6. The summed E-state index contributed by atoms with van der Waals surface area (Å²) in [5, 5.41) is 3.25. The van der Waals surface area contributed by atoms with E-state index >= 15 is 0 Å². The summed E-state index contributed by atoms with van der Waals surface area (Å²) in [6, 6.07) is 15.3. The van der Waals surface area contributed by atoms with E-state index < -0.39 is 5.91 Å². The van der Waals surface area contributed by atoms with Crippen molar-refractivity contribution in [3.8, 4) is 11.5 Å². The molecule has 0 radical (unpaired) electrons. The molecule has 2 aromatic carbocycles. The van der Waals surface area contributed by atoms with Gasteiger partial charge >= 0.3 is 0 Å². The van der Waals surface area contributed by atoms with E-state index in [0.29, 0.717) is 28.5 Å². The van der Waals surface area contributed by atoms with E-state index in [1.165, 1.54) is 17.4 Å². The Kier molecular flexibility index (Phi) is 7.10. The molecule has 0 saturated heterocycles. The van der Waals surface area contributed by atoms with E-state index in [2.05, 4.69) is 5.32 Å². The monoisotopic (exact) mass is 436 g/mol. The van der Waals surface area contributed by atoms with Crippen LogP contribution in [0.2, 0.25) is 0 Å². The molecule has 0 aliphatic rings. The van der Waals surface area contributed by atoms with Crippen LogP contribution in [-0.2, 0) is 11.2 Å². The van der Waals surface area contributed by atoms with Crippen molar-refractivity contribution in [3.63, 3.8) is 0 Å². The van der Waals surface area contributed by atoms with Crippen molar-refractivity contribution in [1.82, 2.24) is 0 Å². The van der Waals surface area contributed by atoms with Crippen LogP contribution >= 0.6 is 11.3 Å². The normalized spacial score (nSPS) is 10.8. The smallest absolute Gasteiger partial charge is 0.251 e. The average Bonchev–Trinajstić information content (AvgIpc) is 3.07. The Morgan fingerprint density at radius 2 is 1.77 bits per heavy atom. The molecule has 0 fully saturated rings. The number of methoxy groups -OCH3 is 2. The van der Waals surface area contributed by atoms with Gasteiger partial charge in [0.25, 0.3) is 5.91 Å². The fourth-order valence-electron chi connectivity index (χ4n) is 3.18. The zero-order valence-corrected chi connectivity index (χ0v) is 18.4. The van der Waals surface area contributed by atoms with E-state index in [4.69, 9.17) is 15.2 Å². The molecule has 2 amide bonds. The Bertz CT molecular complexity index is 1120. The largest absolute Gasteiger partial charge is 0.493 e. The number of carbonyl (C=O) groups excluding carboxylic acids is 2. The molecule has 3 N–H and O–H groups in total. The maximum absolute atomic E-state index is 12.5. The topological polar surface area (TPSA) is 90.6 Å². The van der Waals surface area contributed by atoms with Crippen LogP contribution in [0, 0.1) is 6.92 Å². The number of amides is 2. The molecule has 3 aromatic rings. The third kappa shape index (κ3) is 5.32. The number of ether oxygens (including phenoxy) is 2. The summed E-state index contributed by atoms with van der Waals surface area (Å²) in [5.41, 5.74) is 8.63.